The summed E-state index contributed by atoms with van der Waals surface area (Å²) in [5.74, 6) is 1.93. The molecule has 0 spiro atoms. The smallest absolute Gasteiger partial charge is 0.258 e. The molecule has 1 amide bonds. The van der Waals surface area contributed by atoms with E-state index in [-0.39, 0.29) is 34.4 Å². The van der Waals surface area contributed by atoms with Crippen LogP contribution >= 0.6 is 23.4 Å². The first-order chi connectivity index (χ1) is 12.4. The molecule has 4 aliphatic rings. The Balaban J connectivity index is 1.20. The Kier molecular flexibility index (Phi) is 4.84. The van der Waals surface area contributed by atoms with Crippen molar-refractivity contribution in [1.29, 1.82) is 0 Å². The van der Waals surface area contributed by atoms with Crippen molar-refractivity contribution in [2.24, 2.45) is 5.92 Å². The van der Waals surface area contributed by atoms with Crippen LogP contribution in [-0.2, 0) is 4.79 Å². The van der Waals surface area contributed by atoms with E-state index in [1.165, 1.54) is 12.1 Å². The minimum Gasteiger partial charge on any atom is -0.484 e. The zero-order valence-electron chi connectivity index (χ0n) is 14.3. The van der Waals surface area contributed by atoms with Crippen LogP contribution in [0.5, 0.6) is 5.75 Å². The molecule has 1 aromatic carbocycles. The van der Waals surface area contributed by atoms with Gasteiger partial charge in [0.15, 0.2) is 6.61 Å². The van der Waals surface area contributed by atoms with E-state index in [2.05, 4.69) is 10.6 Å². The van der Waals surface area contributed by atoms with Gasteiger partial charge in [0.1, 0.15) is 17.8 Å². The fourth-order valence-electron chi connectivity index (χ4n) is 4.35. The first-order valence-corrected chi connectivity index (χ1v) is 10.3. The molecular formula is C18H22ClFN2O3S. The maximum atomic E-state index is 13.4. The number of amides is 1. The normalized spacial score (nSPS) is 33.1. The van der Waals surface area contributed by atoms with Gasteiger partial charge in [-0.05, 0) is 49.3 Å². The van der Waals surface area contributed by atoms with E-state index in [4.69, 9.17) is 16.3 Å². The highest BCUT2D eigenvalue weighted by atomic mass is 35.5. The second-order valence-corrected chi connectivity index (χ2v) is 9.27. The third-order valence-electron chi connectivity index (χ3n) is 5.56. The first-order valence-electron chi connectivity index (χ1n) is 8.81. The molecule has 1 aromatic rings. The largest absolute Gasteiger partial charge is 0.484 e. The standard InChI is InChI=1S/C18H22ClFN2O3S/c19-13-2-1-12(5-14(13)20)25-6-15(23)21-17-8-18(9-17,10-17)22-16(24)11-3-4-26-7-11/h1-2,5,11,16,22,24H,3-4,6-10H2,(H,21,23). The highest BCUT2D eigenvalue weighted by Crippen LogP contribution is 2.60. The van der Waals surface area contributed by atoms with E-state index in [9.17, 15) is 14.3 Å². The summed E-state index contributed by atoms with van der Waals surface area (Å²) in [5.41, 5.74) is -0.205. The number of aliphatic hydroxyl groups excluding tert-OH is 1. The summed E-state index contributed by atoms with van der Waals surface area (Å²) >= 11 is 7.50. The Bertz CT molecular complexity index is 694. The second kappa shape index (κ2) is 6.86. The van der Waals surface area contributed by atoms with Crippen molar-refractivity contribution < 1.29 is 19.0 Å². The van der Waals surface area contributed by atoms with Gasteiger partial charge >= 0.3 is 0 Å². The topological polar surface area (TPSA) is 70.6 Å². The highest BCUT2D eigenvalue weighted by molar-refractivity contribution is 7.99. The minimum absolute atomic E-state index is 0.0202. The molecule has 5 nitrogen and oxygen atoms in total. The monoisotopic (exact) mass is 400 g/mol. The van der Waals surface area contributed by atoms with Gasteiger partial charge in [-0.3, -0.25) is 10.1 Å². The van der Waals surface area contributed by atoms with Crippen LogP contribution in [0.1, 0.15) is 25.7 Å². The molecule has 8 heteroatoms. The summed E-state index contributed by atoms with van der Waals surface area (Å²) in [6.07, 6.45) is 3.09. The lowest BCUT2D eigenvalue weighted by molar-refractivity contribution is -0.153. The van der Waals surface area contributed by atoms with Crippen LogP contribution in [0.15, 0.2) is 18.2 Å². The summed E-state index contributed by atoms with van der Waals surface area (Å²) in [6.45, 7) is -0.162. The van der Waals surface area contributed by atoms with Crippen molar-refractivity contribution in [2.45, 2.75) is 43.0 Å². The number of rotatable bonds is 7. The molecule has 4 fully saturated rings. The van der Waals surface area contributed by atoms with Gasteiger partial charge in [-0.15, -0.1) is 0 Å². The fraction of sp³-hybridized carbons (Fsp3) is 0.611. The number of benzene rings is 1. The molecular weight excluding hydrogens is 379 g/mol. The van der Waals surface area contributed by atoms with Crippen molar-refractivity contribution in [1.82, 2.24) is 10.6 Å². The number of carbonyl (C=O) groups is 1. The zero-order chi connectivity index (χ0) is 18.4. The van der Waals surface area contributed by atoms with Gasteiger partial charge in [0, 0.05) is 23.1 Å². The number of hydrogen-bond acceptors (Lipinski definition) is 5. The predicted molar refractivity (Wildman–Crippen MR) is 98.9 cm³/mol. The van der Waals surface area contributed by atoms with Crippen LogP contribution in [0, 0.1) is 11.7 Å². The molecule has 2 atom stereocenters. The molecule has 2 bridgehead atoms. The molecule has 2 unspecified atom stereocenters. The molecule has 1 heterocycles. The molecule has 142 valence electrons. The van der Waals surface area contributed by atoms with Crippen LogP contribution in [0.2, 0.25) is 5.02 Å². The molecule has 3 N–H and O–H groups in total. The summed E-state index contributed by atoms with van der Waals surface area (Å²) in [5, 5.41) is 16.7. The Hall–Kier alpha value is -1.02. The van der Waals surface area contributed by atoms with Gasteiger partial charge in [0.05, 0.1) is 5.02 Å². The van der Waals surface area contributed by atoms with Gasteiger partial charge in [-0.1, -0.05) is 11.6 Å². The lowest BCUT2D eigenvalue weighted by Gasteiger charge is -2.71. The molecule has 1 aliphatic heterocycles. The Morgan fingerprint density at radius 3 is 2.85 bits per heavy atom. The summed E-state index contributed by atoms with van der Waals surface area (Å²) in [7, 11) is 0. The number of carbonyl (C=O) groups excluding carboxylic acids is 1. The summed E-state index contributed by atoms with van der Waals surface area (Å²) in [4.78, 5) is 12.1. The van der Waals surface area contributed by atoms with Gasteiger partial charge in [-0.25, -0.2) is 4.39 Å². The zero-order valence-corrected chi connectivity index (χ0v) is 15.8. The lowest BCUT2D eigenvalue weighted by atomic mass is 9.44. The lowest BCUT2D eigenvalue weighted by Crippen LogP contribution is -2.84. The van der Waals surface area contributed by atoms with Crippen molar-refractivity contribution in [3.05, 3.63) is 29.0 Å². The van der Waals surface area contributed by atoms with Gasteiger partial charge < -0.3 is 15.2 Å². The first kappa shape index (κ1) is 18.3. The van der Waals surface area contributed by atoms with Crippen molar-refractivity contribution >= 4 is 29.3 Å². The fourth-order valence-corrected chi connectivity index (χ4v) is 5.76. The number of hydrogen-bond donors (Lipinski definition) is 3. The van der Waals surface area contributed by atoms with Crippen LogP contribution < -0.4 is 15.4 Å². The van der Waals surface area contributed by atoms with E-state index >= 15 is 0 Å². The van der Waals surface area contributed by atoms with Gasteiger partial charge in [0.25, 0.3) is 5.91 Å². The predicted octanol–water partition coefficient (Wildman–Crippen LogP) is 2.31. The minimum atomic E-state index is -0.573. The summed E-state index contributed by atoms with van der Waals surface area (Å²) in [6, 6.07) is 4.09. The van der Waals surface area contributed by atoms with Crippen molar-refractivity contribution in [3.63, 3.8) is 0 Å². The third kappa shape index (κ3) is 3.54. The molecule has 3 saturated carbocycles. The van der Waals surface area contributed by atoms with Crippen molar-refractivity contribution in [3.8, 4) is 5.75 Å². The second-order valence-electron chi connectivity index (χ2n) is 7.72. The van der Waals surface area contributed by atoms with Crippen LogP contribution in [0.25, 0.3) is 0 Å². The molecule has 1 saturated heterocycles. The van der Waals surface area contributed by atoms with Crippen LogP contribution in [-0.4, -0.2) is 46.4 Å². The molecule has 0 radical (unpaired) electrons. The van der Waals surface area contributed by atoms with Gasteiger partial charge in [-0.2, -0.15) is 11.8 Å². The number of aliphatic hydroxyl groups is 1. The SMILES string of the molecule is O=C(COc1ccc(Cl)c(F)c1)NC12CC(NC(O)C3CCSC3)(C1)C2. The average Bonchev–Trinajstić information content (AvgIpc) is 3.07. The number of halogens is 2. The van der Waals surface area contributed by atoms with E-state index in [1.54, 1.807) is 0 Å². The van der Waals surface area contributed by atoms with Crippen molar-refractivity contribution in [2.75, 3.05) is 18.1 Å². The molecule has 5 rings (SSSR count). The van der Waals surface area contributed by atoms with Gasteiger partial charge in [0.2, 0.25) is 0 Å². The molecule has 3 aliphatic carbocycles. The maximum absolute atomic E-state index is 13.4. The average molecular weight is 401 g/mol. The highest BCUT2D eigenvalue weighted by Gasteiger charge is 2.69. The molecule has 26 heavy (non-hydrogen) atoms. The van der Waals surface area contributed by atoms with E-state index in [1.807, 2.05) is 11.8 Å². The molecule has 0 aromatic heterocycles. The Morgan fingerprint density at radius 2 is 2.19 bits per heavy atom. The van der Waals surface area contributed by atoms with Crippen LogP contribution in [0.4, 0.5) is 4.39 Å². The van der Waals surface area contributed by atoms with E-state index < -0.39 is 12.0 Å². The summed E-state index contributed by atoms with van der Waals surface area (Å²) < 4.78 is 18.7. The van der Waals surface area contributed by atoms with Crippen LogP contribution in [0.3, 0.4) is 0 Å². The Morgan fingerprint density at radius 1 is 1.42 bits per heavy atom. The number of nitrogens with one attached hydrogen (secondary N) is 2. The third-order valence-corrected chi connectivity index (χ3v) is 7.06. The Labute approximate surface area is 161 Å². The number of ether oxygens (including phenoxy) is 1. The number of thioether (sulfide) groups is 1. The quantitative estimate of drug-likeness (QED) is 0.613. The van der Waals surface area contributed by atoms with E-state index in [0.29, 0.717) is 5.92 Å². The van der Waals surface area contributed by atoms with E-state index in [0.717, 1.165) is 43.3 Å². The maximum Gasteiger partial charge on any atom is 0.258 e.